The van der Waals surface area contributed by atoms with Crippen LogP contribution in [0.3, 0.4) is 0 Å². The summed E-state index contributed by atoms with van der Waals surface area (Å²) in [5.41, 5.74) is 8.54. The van der Waals surface area contributed by atoms with Gasteiger partial charge in [0.15, 0.2) is 12.6 Å². The Morgan fingerprint density at radius 3 is 1.35 bits per heavy atom. The first kappa shape index (κ1) is 28.9. The van der Waals surface area contributed by atoms with Crippen molar-refractivity contribution in [2.45, 2.75) is 83.8 Å². The van der Waals surface area contributed by atoms with Gasteiger partial charge in [-0.05, 0) is 82.0 Å². The predicted molar refractivity (Wildman–Crippen MR) is 171 cm³/mol. The van der Waals surface area contributed by atoms with Gasteiger partial charge in [-0.1, -0.05) is 100 Å². The summed E-state index contributed by atoms with van der Waals surface area (Å²) in [5, 5.41) is 0. The molecule has 0 bridgehead atoms. The van der Waals surface area contributed by atoms with Crippen molar-refractivity contribution in [1.29, 1.82) is 0 Å². The maximum atomic E-state index is 13.1. The fourth-order valence-electron chi connectivity index (χ4n) is 8.06. The second-order valence-corrected chi connectivity index (χ2v) is 13.7. The lowest BCUT2D eigenvalue weighted by atomic mass is 9.70. The molecule has 2 aliphatic carbocycles. The van der Waals surface area contributed by atoms with Crippen molar-refractivity contribution in [1.82, 2.24) is 0 Å². The van der Waals surface area contributed by atoms with Gasteiger partial charge in [0.1, 0.15) is 24.7 Å². The summed E-state index contributed by atoms with van der Waals surface area (Å²) < 4.78 is 12.9. The number of carbonyl (C=O) groups excluding carboxylic acids is 2. The molecule has 0 N–H and O–H groups in total. The first-order valence-corrected chi connectivity index (χ1v) is 15.1. The molecule has 0 radical (unpaired) electrons. The lowest BCUT2D eigenvalue weighted by Crippen LogP contribution is -2.29. The van der Waals surface area contributed by atoms with E-state index < -0.39 is 5.41 Å². The van der Waals surface area contributed by atoms with Gasteiger partial charge in [-0.25, -0.2) is 0 Å². The van der Waals surface area contributed by atoms with Crippen molar-refractivity contribution >= 4 is 12.6 Å². The van der Waals surface area contributed by atoms with Crippen LogP contribution in [-0.4, -0.2) is 12.6 Å². The first-order chi connectivity index (χ1) is 20.5. The summed E-state index contributed by atoms with van der Waals surface area (Å²) in [5.74, 6) is 1.25. The van der Waals surface area contributed by atoms with E-state index in [4.69, 9.17) is 9.47 Å². The van der Waals surface area contributed by atoms with Crippen LogP contribution in [0.5, 0.6) is 11.5 Å². The maximum absolute atomic E-state index is 13.1. The SMILES string of the molecule is Cc1cc2c(c(C=O)c1OCc1ccccc1)C1(CC2(C)C)CC(C)(C)c2cc(C)c(OCc3ccccc3)c(C=O)c21. The first-order valence-electron chi connectivity index (χ1n) is 15.1. The minimum absolute atomic E-state index is 0.219. The monoisotopic (exact) mass is 572 g/mol. The van der Waals surface area contributed by atoms with E-state index in [9.17, 15) is 9.59 Å². The normalized spacial score (nSPS) is 16.9. The lowest BCUT2D eigenvalue weighted by Gasteiger charge is -2.32. The largest absolute Gasteiger partial charge is 0.488 e. The highest BCUT2D eigenvalue weighted by atomic mass is 16.5. The van der Waals surface area contributed by atoms with E-state index in [2.05, 4.69) is 39.8 Å². The summed E-state index contributed by atoms with van der Waals surface area (Å²) in [6, 6.07) is 24.5. The standard InChI is InChI=1S/C39H40O4/c1-25-17-31-33(29(19-40)35(25)42-21-27-13-9-7-10-14-27)39(23-37(31,3)4)24-38(5,6)32-18-26(2)36(30(20-41)34(32)39)43-22-28-15-11-8-12-16-28/h7-20H,21-24H2,1-6H3. The highest BCUT2D eigenvalue weighted by molar-refractivity contribution is 5.90. The molecular weight excluding hydrogens is 532 g/mol. The van der Waals surface area contributed by atoms with Crippen LogP contribution in [0.2, 0.25) is 0 Å². The fraction of sp³-hybridized carbons (Fsp3) is 0.333. The Balaban J connectivity index is 1.56. The van der Waals surface area contributed by atoms with Crippen molar-refractivity contribution < 1.29 is 19.1 Å². The minimum Gasteiger partial charge on any atom is -0.488 e. The van der Waals surface area contributed by atoms with Crippen LogP contribution in [0.1, 0.15) is 106 Å². The molecule has 4 nitrogen and oxygen atoms in total. The Morgan fingerprint density at radius 1 is 0.628 bits per heavy atom. The van der Waals surface area contributed by atoms with Crippen LogP contribution < -0.4 is 9.47 Å². The highest BCUT2D eigenvalue weighted by Gasteiger charge is 2.59. The molecule has 4 aromatic carbocycles. The zero-order valence-electron chi connectivity index (χ0n) is 26.0. The molecular formula is C39H40O4. The third-order valence-electron chi connectivity index (χ3n) is 9.60. The Morgan fingerprint density at radius 2 is 1.00 bits per heavy atom. The molecule has 6 rings (SSSR count). The molecule has 0 saturated heterocycles. The van der Waals surface area contributed by atoms with Crippen LogP contribution in [0.15, 0.2) is 72.8 Å². The molecule has 43 heavy (non-hydrogen) atoms. The smallest absolute Gasteiger partial charge is 0.154 e. The van der Waals surface area contributed by atoms with E-state index in [0.717, 1.165) is 69.9 Å². The molecule has 220 valence electrons. The van der Waals surface area contributed by atoms with Gasteiger partial charge in [-0.15, -0.1) is 0 Å². The Kier molecular flexibility index (Phi) is 7.07. The van der Waals surface area contributed by atoms with E-state index in [0.29, 0.717) is 35.8 Å². The van der Waals surface area contributed by atoms with Gasteiger partial charge in [-0.3, -0.25) is 9.59 Å². The van der Waals surface area contributed by atoms with Crippen LogP contribution >= 0.6 is 0 Å². The molecule has 0 fully saturated rings. The Labute approximate surface area is 255 Å². The average Bonchev–Trinajstić information content (AvgIpc) is 3.34. The second kappa shape index (κ2) is 10.5. The zero-order chi connectivity index (χ0) is 30.6. The van der Waals surface area contributed by atoms with Crippen molar-refractivity contribution in [2.75, 3.05) is 0 Å². The quantitative estimate of drug-likeness (QED) is 0.198. The molecule has 4 heteroatoms. The lowest BCUT2D eigenvalue weighted by molar-refractivity contribution is 0.111. The highest BCUT2D eigenvalue weighted by Crippen LogP contribution is 2.65. The summed E-state index contributed by atoms with van der Waals surface area (Å²) in [4.78, 5) is 26.3. The number of aldehydes is 2. The van der Waals surface area contributed by atoms with E-state index in [1.165, 1.54) is 0 Å². The molecule has 0 amide bonds. The third-order valence-corrected chi connectivity index (χ3v) is 9.60. The predicted octanol–water partition coefficient (Wildman–Crippen LogP) is 8.74. The van der Waals surface area contributed by atoms with E-state index in [1.54, 1.807) is 0 Å². The van der Waals surface area contributed by atoms with E-state index in [1.807, 2.05) is 74.5 Å². The maximum Gasteiger partial charge on any atom is 0.154 e. The molecule has 0 saturated carbocycles. The van der Waals surface area contributed by atoms with Gasteiger partial charge in [0.25, 0.3) is 0 Å². The molecule has 0 aliphatic heterocycles. The van der Waals surface area contributed by atoms with Crippen LogP contribution in [0, 0.1) is 13.8 Å². The summed E-state index contributed by atoms with van der Waals surface area (Å²) >= 11 is 0. The molecule has 0 unspecified atom stereocenters. The molecule has 0 aromatic heterocycles. The summed E-state index contributed by atoms with van der Waals surface area (Å²) in [6.45, 7) is 13.8. The van der Waals surface area contributed by atoms with Gasteiger partial charge in [-0.2, -0.15) is 0 Å². The molecule has 0 heterocycles. The van der Waals surface area contributed by atoms with Crippen molar-refractivity contribution in [3.05, 3.63) is 128 Å². The van der Waals surface area contributed by atoms with Crippen molar-refractivity contribution in [3.8, 4) is 11.5 Å². The second-order valence-electron chi connectivity index (χ2n) is 13.7. The van der Waals surface area contributed by atoms with Gasteiger partial charge < -0.3 is 9.47 Å². The third kappa shape index (κ3) is 4.68. The van der Waals surface area contributed by atoms with Crippen molar-refractivity contribution in [2.24, 2.45) is 0 Å². The van der Waals surface area contributed by atoms with Crippen molar-refractivity contribution in [3.63, 3.8) is 0 Å². The van der Waals surface area contributed by atoms with Crippen LogP contribution in [0.25, 0.3) is 0 Å². The van der Waals surface area contributed by atoms with Crippen LogP contribution in [0.4, 0.5) is 0 Å². The number of rotatable bonds is 8. The topological polar surface area (TPSA) is 52.6 Å². The number of ether oxygens (including phenoxy) is 2. The van der Waals surface area contributed by atoms with Gasteiger partial charge in [0, 0.05) is 5.41 Å². The number of benzene rings is 4. The average molecular weight is 573 g/mol. The molecule has 4 aromatic rings. The summed E-state index contributed by atoms with van der Waals surface area (Å²) in [6.07, 6.45) is 3.52. The number of hydrogen-bond donors (Lipinski definition) is 0. The number of fused-ring (bicyclic) bond motifs is 4. The minimum atomic E-state index is -0.540. The molecule has 1 spiro atoms. The number of aryl methyl sites for hydroxylation is 2. The summed E-state index contributed by atoms with van der Waals surface area (Å²) in [7, 11) is 0. The fourth-order valence-corrected chi connectivity index (χ4v) is 8.06. The van der Waals surface area contributed by atoms with E-state index >= 15 is 0 Å². The Bertz CT molecular complexity index is 1590. The zero-order valence-corrected chi connectivity index (χ0v) is 26.0. The van der Waals surface area contributed by atoms with Gasteiger partial charge >= 0.3 is 0 Å². The number of hydrogen-bond acceptors (Lipinski definition) is 4. The Hall–Kier alpha value is -4.18. The molecule has 2 aliphatic rings. The van der Waals surface area contributed by atoms with Gasteiger partial charge in [0.05, 0.1) is 11.1 Å². The van der Waals surface area contributed by atoms with Crippen LogP contribution in [-0.2, 0) is 29.5 Å². The number of carbonyl (C=O) groups is 2. The van der Waals surface area contributed by atoms with E-state index in [-0.39, 0.29) is 10.8 Å². The molecule has 0 atom stereocenters. The van der Waals surface area contributed by atoms with Gasteiger partial charge in [0.2, 0.25) is 0 Å².